The van der Waals surface area contributed by atoms with Gasteiger partial charge in [0.1, 0.15) is 5.69 Å². The molecule has 0 saturated carbocycles. The molecule has 0 unspecified atom stereocenters. The van der Waals surface area contributed by atoms with Gasteiger partial charge in [-0.15, -0.1) is 0 Å². The number of carbonyl (C=O) groups excluding carboxylic acids is 1. The molecule has 90 valence electrons. The molecular formula is C12H20N2O2. The van der Waals surface area contributed by atoms with Gasteiger partial charge >= 0.3 is 5.97 Å². The first-order valence-electron chi connectivity index (χ1n) is 5.56. The molecular weight excluding hydrogens is 204 g/mol. The first-order chi connectivity index (χ1) is 7.41. The summed E-state index contributed by atoms with van der Waals surface area (Å²) in [6.45, 7) is 8.44. The van der Waals surface area contributed by atoms with Crippen LogP contribution in [0.5, 0.6) is 0 Å². The average molecular weight is 224 g/mol. The Bertz CT molecular complexity index is 367. The summed E-state index contributed by atoms with van der Waals surface area (Å²) in [7, 11) is 0. The van der Waals surface area contributed by atoms with Gasteiger partial charge in [-0.05, 0) is 25.8 Å². The average Bonchev–Trinajstić information content (AvgIpc) is 2.56. The summed E-state index contributed by atoms with van der Waals surface area (Å²) in [6, 6.07) is 1.85. The van der Waals surface area contributed by atoms with Gasteiger partial charge in [0.25, 0.3) is 0 Å². The fourth-order valence-electron chi connectivity index (χ4n) is 1.41. The van der Waals surface area contributed by atoms with Crippen LogP contribution < -0.4 is 5.73 Å². The topological polar surface area (TPSA) is 57.2 Å². The number of ether oxygens (including phenoxy) is 1. The summed E-state index contributed by atoms with van der Waals surface area (Å²) in [5, 5.41) is 0. The van der Waals surface area contributed by atoms with Gasteiger partial charge in [-0.2, -0.15) is 0 Å². The highest BCUT2D eigenvalue weighted by atomic mass is 16.5. The second kappa shape index (κ2) is 5.05. The number of carbonyl (C=O) groups is 1. The standard InChI is InChI=1S/C12H20N2O2/c1-8(2)7-16-12(15)11-5-10(13)6-14(11)9(3)4/h5-6,8-9H,7,13H2,1-4H3. The molecule has 0 saturated heterocycles. The van der Waals surface area contributed by atoms with E-state index in [9.17, 15) is 4.79 Å². The fraction of sp³-hybridized carbons (Fsp3) is 0.583. The Hall–Kier alpha value is -1.45. The molecule has 0 spiro atoms. The van der Waals surface area contributed by atoms with Gasteiger partial charge in [-0.25, -0.2) is 4.79 Å². The highest BCUT2D eigenvalue weighted by Crippen LogP contribution is 2.17. The first kappa shape index (κ1) is 12.6. The van der Waals surface area contributed by atoms with Crippen LogP contribution in [0.15, 0.2) is 12.3 Å². The van der Waals surface area contributed by atoms with E-state index in [1.165, 1.54) is 0 Å². The lowest BCUT2D eigenvalue weighted by Gasteiger charge is -2.12. The van der Waals surface area contributed by atoms with E-state index in [1.807, 2.05) is 32.3 Å². The molecule has 0 bridgehead atoms. The van der Waals surface area contributed by atoms with Gasteiger partial charge in [0.15, 0.2) is 0 Å². The molecule has 4 nitrogen and oxygen atoms in total. The van der Waals surface area contributed by atoms with Crippen LogP contribution in [-0.2, 0) is 4.74 Å². The van der Waals surface area contributed by atoms with E-state index in [1.54, 1.807) is 12.3 Å². The van der Waals surface area contributed by atoms with Crippen molar-refractivity contribution < 1.29 is 9.53 Å². The Morgan fingerprint density at radius 1 is 1.44 bits per heavy atom. The van der Waals surface area contributed by atoms with Gasteiger partial charge in [-0.3, -0.25) is 0 Å². The maximum atomic E-state index is 11.8. The van der Waals surface area contributed by atoms with Crippen LogP contribution in [0.3, 0.4) is 0 Å². The Morgan fingerprint density at radius 3 is 2.56 bits per heavy atom. The van der Waals surface area contributed by atoms with Crippen molar-refractivity contribution in [2.45, 2.75) is 33.7 Å². The summed E-state index contributed by atoms with van der Waals surface area (Å²) in [5.74, 6) is 0.0304. The number of esters is 1. The molecule has 0 amide bonds. The molecule has 0 radical (unpaired) electrons. The molecule has 16 heavy (non-hydrogen) atoms. The Labute approximate surface area is 96.4 Å². The second-order valence-electron chi connectivity index (χ2n) is 4.65. The number of aromatic nitrogens is 1. The Kier molecular flexibility index (Phi) is 3.99. The molecule has 0 aromatic carbocycles. The summed E-state index contributed by atoms with van der Waals surface area (Å²) < 4.78 is 7.01. The van der Waals surface area contributed by atoms with Gasteiger partial charge in [0.05, 0.1) is 12.3 Å². The van der Waals surface area contributed by atoms with Crippen LogP contribution in [-0.4, -0.2) is 17.1 Å². The summed E-state index contributed by atoms with van der Waals surface area (Å²) in [5.41, 5.74) is 6.79. The van der Waals surface area contributed by atoms with Crippen LogP contribution in [0.4, 0.5) is 5.69 Å². The zero-order valence-electron chi connectivity index (χ0n) is 10.4. The van der Waals surface area contributed by atoms with Crippen molar-refractivity contribution in [3.8, 4) is 0 Å². The number of anilines is 1. The summed E-state index contributed by atoms with van der Waals surface area (Å²) in [4.78, 5) is 11.8. The predicted octanol–water partition coefficient (Wildman–Crippen LogP) is 2.46. The third kappa shape index (κ3) is 3.02. The minimum Gasteiger partial charge on any atom is -0.461 e. The predicted molar refractivity (Wildman–Crippen MR) is 64.3 cm³/mol. The highest BCUT2D eigenvalue weighted by molar-refractivity contribution is 5.89. The number of nitrogen functional groups attached to an aromatic ring is 1. The second-order valence-corrected chi connectivity index (χ2v) is 4.65. The van der Waals surface area contributed by atoms with Crippen molar-refractivity contribution in [1.82, 2.24) is 4.57 Å². The van der Waals surface area contributed by atoms with Crippen LogP contribution in [0.25, 0.3) is 0 Å². The lowest BCUT2D eigenvalue weighted by molar-refractivity contribution is 0.0445. The monoisotopic (exact) mass is 224 g/mol. The van der Waals surface area contributed by atoms with Gasteiger partial charge < -0.3 is 15.0 Å². The zero-order valence-corrected chi connectivity index (χ0v) is 10.4. The maximum Gasteiger partial charge on any atom is 0.355 e. The molecule has 0 atom stereocenters. The minimum atomic E-state index is -0.306. The van der Waals surface area contributed by atoms with Gasteiger partial charge in [-0.1, -0.05) is 13.8 Å². The first-order valence-corrected chi connectivity index (χ1v) is 5.56. The number of rotatable bonds is 4. The zero-order chi connectivity index (χ0) is 12.3. The van der Waals surface area contributed by atoms with Crippen molar-refractivity contribution in [3.63, 3.8) is 0 Å². The van der Waals surface area contributed by atoms with Crippen LogP contribution in [0.2, 0.25) is 0 Å². The van der Waals surface area contributed by atoms with Crippen LogP contribution in [0, 0.1) is 5.92 Å². The normalized spacial score (nSPS) is 11.1. The summed E-state index contributed by atoms with van der Waals surface area (Å²) in [6.07, 6.45) is 1.76. The molecule has 0 fully saturated rings. The van der Waals surface area contributed by atoms with E-state index in [0.717, 1.165) is 0 Å². The van der Waals surface area contributed by atoms with E-state index in [2.05, 4.69) is 0 Å². The fourth-order valence-corrected chi connectivity index (χ4v) is 1.41. The third-order valence-electron chi connectivity index (χ3n) is 2.18. The molecule has 2 N–H and O–H groups in total. The Morgan fingerprint density at radius 2 is 2.06 bits per heavy atom. The SMILES string of the molecule is CC(C)COC(=O)c1cc(N)cn1C(C)C. The van der Waals surface area contributed by atoms with Crippen LogP contribution in [0.1, 0.15) is 44.2 Å². The number of nitrogens with two attached hydrogens (primary N) is 1. The van der Waals surface area contributed by atoms with Gasteiger partial charge in [0.2, 0.25) is 0 Å². The molecule has 1 aromatic rings. The van der Waals surface area contributed by atoms with E-state index >= 15 is 0 Å². The molecule has 1 aromatic heterocycles. The van der Waals surface area contributed by atoms with E-state index < -0.39 is 0 Å². The van der Waals surface area contributed by atoms with Crippen molar-refractivity contribution in [2.24, 2.45) is 5.92 Å². The third-order valence-corrected chi connectivity index (χ3v) is 2.18. The van der Waals surface area contributed by atoms with Crippen molar-refractivity contribution >= 4 is 11.7 Å². The van der Waals surface area contributed by atoms with Crippen molar-refractivity contribution in [3.05, 3.63) is 18.0 Å². The largest absolute Gasteiger partial charge is 0.461 e. The molecule has 0 aliphatic heterocycles. The van der Waals surface area contributed by atoms with E-state index in [-0.39, 0.29) is 12.0 Å². The van der Waals surface area contributed by atoms with E-state index in [0.29, 0.717) is 23.9 Å². The minimum absolute atomic E-state index is 0.193. The van der Waals surface area contributed by atoms with Crippen molar-refractivity contribution in [1.29, 1.82) is 0 Å². The Balaban J connectivity index is 2.82. The van der Waals surface area contributed by atoms with Crippen molar-refractivity contribution in [2.75, 3.05) is 12.3 Å². The van der Waals surface area contributed by atoms with E-state index in [4.69, 9.17) is 10.5 Å². The molecule has 1 rings (SSSR count). The quantitative estimate of drug-likeness (QED) is 0.799. The number of hydrogen-bond acceptors (Lipinski definition) is 3. The maximum absolute atomic E-state index is 11.8. The molecule has 0 aliphatic carbocycles. The lowest BCUT2D eigenvalue weighted by atomic mass is 10.2. The van der Waals surface area contributed by atoms with Gasteiger partial charge in [0, 0.05) is 12.2 Å². The van der Waals surface area contributed by atoms with Crippen LogP contribution >= 0.6 is 0 Å². The molecule has 0 aliphatic rings. The molecule has 4 heteroatoms. The summed E-state index contributed by atoms with van der Waals surface area (Å²) >= 11 is 0. The number of hydrogen-bond donors (Lipinski definition) is 1. The highest BCUT2D eigenvalue weighted by Gasteiger charge is 2.16. The smallest absolute Gasteiger partial charge is 0.355 e. The lowest BCUT2D eigenvalue weighted by Crippen LogP contribution is -2.15. The molecule has 1 heterocycles. The number of nitrogens with zero attached hydrogens (tertiary/aromatic N) is 1.